The second kappa shape index (κ2) is 8.08. The lowest BCUT2D eigenvalue weighted by Crippen LogP contribution is -2.25. The fourth-order valence-corrected chi connectivity index (χ4v) is 4.52. The summed E-state index contributed by atoms with van der Waals surface area (Å²) >= 11 is 0. The topological polar surface area (TPSA) is 162 Å². The summed E-state index contributed by atoms with van der Waals surface area (Å²) in [7, 11) is 3.03. The Bertz CT molecular complexity index is 1540. The van der Waals surface area contributed by atoms with Gasteiger partial charge in [-0.25, -0.2) is 0 Å². The third-order valence-electron chi connectivity index (χ3n) is 6.18. The van der Waals surface area contributed by atoms with Gasteiger partial charge in [0.2, 0.25) is 11.6 Å². The largest absolute Gasteiger partial charge is 0.497 e. The molecule has 36 heavy (non-hydrogen) atoms. The number of carbonyl (C=O) groups excluding carboxylic acids is 2. The highest BCUT2D eigenvalue weighted by atomic mass is 16.5. The number of ether oxygens (including phenoxy) is 2. The van der Waals surface area contributed by atoms with E-state index >= 15 is 0 Å². The Balaban J connectivity index is 1.82. The minimum atomic E-state index is -0.640. The van der Waals surface area contributed by atoms with E-state index in [-0.39, 0.29) is 45.3 Å². The number of nitrogen functional groups attached to an aromatic ring is 2. The number of nitriles is 2. The van der Waals surface area contributed by atoms with Crippen LogP contribution in [0.5, 0.6) is 11.5 Å². The van der Waals surface area contributed by atoms with E-state index in [0.717, 1.165) is 0 Å². The number of benzene rings is 2. The van der Waals surface area contributed by atoms with Gasteiger partial charge in [0.15, 0.2) is 0 Å². The van der Waals surface area contributed by atoms with Gasteiger partial charge in [-0.15, -0.1) is 0 Å². The standard InChI is InChI=1S/C26H18N6O4/c1-35-15-7-3-13(4-8-15)31-21-19(17(11-27)25(31)29)24(34)22-20(23(21)33)18(12-28)26(30)32(22)14-5-9-16(36-2)10-6-14/h3-10H,29-30H2,1-2H3. The van der Waals surface area contributed by atoms with Crippen LogP contribution in [-0.2, 0) is 0 Å². The molecule has 0 atom stereocenters. The van der Waals surface area contributed by atoms with Gasteiger partial charge in [0.05, 0.1) is 25.3 Å². The normalized spacial score (nSPS) is 11.9. The van der Waals surface area contributed by atoms with Crippen molar-refractivity contribution in [2.24, 2.45) is 0 Å². The number of carbonyl (C=O) groups is 2. The van der Waals surface area contributed by atoms with Gasteiger partial charge in [-0.2, -0.15) is 10.5 Å². The van der Waals surface area contributed by atoms with Crippen LogP contribution < -0.4 is 20.9 Å². The maximum absolute atomic E-state index is 13.9. The third-order valence-corrected chi connectivity index (χ3v) is 6.18. The van der Waals surface area contributed by atoms with Crippen LogP contribution in [0.4, 0.5) is 11.6 Å². The van der Waals surface area contributed by atoms with Crippen LogP contribution in [0.25, 0.3) is 11.4 Å². The number of fused-ring (bicyclic) bond motifs is 2. The van der Waals surface area contributed by atoms with E-state index in [9.17, 15) is 20.1 Å². The predicted molar refractivity (Wildman–Crippen MR) is 130 cm³/mol. The summed E-state index contributed by atoms with van der Waals surface area (Å²) in [5.41, 5.74) is 12.7. The summed E-state index contributed by atoms with van der Waals surface area (Å²) in [5, 5.41) is 19.8. The molecule has 4 N–H and O–H groups in total. The van der Waals surface area contributed by atoms with Crippen molar-refractivity contribution in [1.29, 1.82) is 10.5 Å². The molecule has 0 spiro atoms. The average molecular weight is 478 g/mol. The van der Waals surface area contributed by atoms with Gasteiger partial charge in [-0.05, 0) is 48.5 Å². The van der Waals surface area contributed by atoms with Crippen LogP contribution in [0, 0.1) is 22.7 Å². The molecule has 2 aromatic heterocycles. The molecule has 0 saturated carbocycles. The predicted octanol–water partition coefficient (Wildman–Crippen LogP) is 2.97. The molecule has 1 aliphatic carbocycles. The van der Waals surface area contributed by atoms with Gasteiger partial charge in [-0.3, -0.25) is 18.7 Å². The number of anilines is 2. The third kappa shape index (κ3) is 2.89. The zero-order valence-electron chi connectivity index (χ0n) is 19.2. The fraction of sp³-hybridized carbons (Fsp3) is 0.0769. The Morgan fingerprint density at radius 3 is 1.28 bits per heavy atom. The number of aromatic nitrogens is 2. The highest BCUT2D eigenvalue weighted by molar-refractivity contribution is 6.30. The molecule has 10 nitrogen and oxygen atoms in total. The van der Waals surface area contributed by atoms with E-state index in [0.29, 0.717) is 22.9 Å². The van der Waals surface area contributed by atoms with Crippen LogP contribution in [0.1, 0.15) is 43.2 Å². The summed E-state index contributed by atoms with van der Waals surface area (Å²) in [5.74, 6) is -0.276. The van der Waals surface area contributed by atoms with Gasteiger partial charge in [0, 0.05) is 11.4 Å². The Hall–Kier alpha value is -5.48. The highest BCUT2D eigenvalue weighted by Crippen LogP contribution is 2.41. The van der Waals surface area contributed by atoms with E-state index in [4.69, 9.17) is 20.9 Å². The molecule has 1 aliphatic rings. The molecule has 0 aliphatic heterocycles. The number of nitrogens with two attached hydrogens (primary N) is 2. The van der Waals surface area contributed by atoms with E-state index in [2.05, 4.69) is 0 Å². The minimum Gasteiger partial charge on any atom is -0.497 e. The zero-order valence-corrected chi connectivity index (χ0v) is 19.2. The number of ketones is 2. The molecular weight excluding hydrogens is 460 g/mol. The molecule has 5 rings (SSSR count). The molecule has 2 aromatic carbocycles. The van der Waals surface area contributed by atoms with Crippen LogP contribution in [0.3, 0.4) is 0 Å². The Morgan fingerprint density at radius 2 is 1.00 bits per heavy atom. The van der Waals surface area contributed by atoms with Crippen molar-refractivity contribution in [3.05, 3.63) is 82.2 Å². The number of hydrogen-bond donors (Lipinski definition) is 2. The smallest absolute Gasteiger partial charge is 0.214 e. The molecule has 176 valence electrons. The number of nitrogens with zero attached hydrogens (tertiary/aromatic N) is 4. The minimum absolute atomic E-state index is 0.0676. The molecule has 2 heterocycles. The summed E-state index contributed by atoms with van der Waals surface area (Å²) in [6.45, 7) is 0. The lowest BCUT2D eigenvalue weighted by Gasteiger charge is -2.18. The highest BCUT2D eigenvalue weighted by Gasteiger charge is 2.43. The monoisotopic (exact) mass is 478 g/mol. The Labute approximate surface area is 205 Å². The van der Waals surface area contributed by atoms with Crippen molar-refractivity contribution in [2.75, 3.05) is 25.7 Å². The van der Waals surface area contributed by atoms with Gasteiger partial charge in [0.25, 0.3) is 0 Å². The van der Waals surface area contributed by atoms with Gasteiger partial charge >= 0.3 is 0 Å². The second-order valence-electron chi connectivity index (χ2n) is 7.92. The van der Waals surface area contributed by atoms with E-state index in [1.165, 1.54) is 23.4 Å². The van der Waals surface area contributed by atoms with Gasteiger partial charge < -0.3 is 20.9 Å². The van der Waals surface area contributed by atoms with Gasteiger partial charge in [0.1, 0.15) is 57.8 Å². The molecule has 0 unspecified atom stereocenters. The molecule has 0 amide bonds. The van der Waals surface area contributed by atoms with E-state index < -0.39 is 11.6 Å². The first-order chi connectivity index (χ1) is 17.4. The Kier molecular flexibility index (Phi) is 5.01. The van der Waals surface area contributed by atoms with Crippen LogP contribution in [-0.4, -0.2) is 34.9 Å². The SMILES string of the molecule is COc1ccc(-n2c(N)c(C#N)c3c2C(=O)c2c(C#N)c(N)n(-c4ccc(OC)cc4)c2C3=O)cc1. The molecule has 0 bridgehead atoms. The molecule has 10 heteroatoms. The average Bonchev–Trinajstić information content (AvgIpc) is 3.38. The van der Waals surface area contributed by atoms with Crippen molar-refractivity contribution in [1.82, 2.24) is 9.13 Å². The molecule has 0 saturated heterocycles. The number of rotatable bonds is 4. The quantitative estimate of drug-likeness (QED) is 0.398. The van der Waals surface area contributed by atoms with Crippen LogP contribution >= 0.6 is 0 Å². The maximum atomic E-state index is 13.9. The Morgan fingerprint density at radius 1 is 0.667 bits per heavy atom. The second-order valence-corrected chi connectivity index (χ2v) is 7.92. The van der Waals surface area contributed by atoms with E-state index in [1.807, 2.05) is 12.1 Å². The molecule has 0 fully saturated rings. The zero-order chi connectivity index (χ0) is 25.7. The van der Waals surface area contributed by atoms with E-state index in [1.54, 1.807) is 48.5 Å². The first-order valence-electron chi connectivity index (χ1n) is 10.6. The fourth-order valence-electron chi connectivity index (χ4n) is 4.52. The number of hydrogen-bond acceptors (Lipinski definition) is 8. The summed E-state index contributed by atoms with van der Waals surface area (Å²) in [6, 6.07) is 17.1. The van der Waals surface area contributed by atoms with Crippen LogP contribution in [0.15, 0.2) is 48.5 Å². The summed E-state index contributed by atoms with van der Waals surface area (Å²) < 4.78 is 13.1. The van der Waals surface area contributed by atoms with Crippen molar-refractivity contribution < 1.29 is 19.1 Å². The van der Waals surface area contributed by atoms with Crippen molar-refractivity contribution in [2.45, 2.75) is 0 Å². The van der Waals surface area contributed by atoms with Gasteiger partial charge in [-0.1, -0.05) is 0 Å². The molecule has 4 aromatic rings. The number of methoxy groups -OCH3 is 2. The van der Waals surface area contributed by atoms with Crippen molar-refractivity contribution in [3.8, 4) is 35.0 Å². The van der Waals surface area contributed by atoms with Crippen molar-refractivity contribution >= 4 is 23.2 Å². The first kappa shape index (κ1) is 22.3. The van der Waals surface area contributed by atoms with Crippen LogP contribution in [0.2, 0.25) is 0 Å². The molecule has 0 radical (unpaired) electrons. The molecular formula is C26H18N6O4. The summed E-state index contributed by atoms with van der Waals surface area (Å²) in [4.78, 5) is 27.9. The lowest BCUT2D eigenvalue weighted by atomic mass is 9.89. The summed E-state index contributed by atoms with van der Waals surface area (Å²) in [6.07, 6.45) is 0. The van der Waals surface area contributed by atoms with Crippen molar-refractivity contribution in [3.63, 3.8) is 0 Å². The lowest BCUT2D eigenvalue weighted by molar-refractivity contribution is 0.0971. The maximum Gasteiger partial charge on any atom is 0.214 e. The first-order valence-corrected chi connectivity index (χ1v) is 10.6.